The van der Waals surface area contributed by atoms with Crippen LogP contribution in [0.15, 0.2) is 30.9 Å². The molecule has 0 fully saturated rings. The number of halogens is 1. The van der Waals surface area contributed by atoms with Gasteiger partial charge in [-0.2, -0.15) is 5.26 Å². The molecule has 0 radical (unpaired) electrons. The Morgan fingerprint density at radius 2 is 2.36 bits per heavy atom. The van der Waals surface area contributed by atoms with Crippen molar-refractivity contribution in [3.63, 3.8) is 0 Å². The maximum atomic E-state index is 13.1. The van der Waals surface area contributed by atoms with Gasteiger partial charge in [0.2, 0.25) is 0 Å². The summed E-state index contributed by atoms with van der Waals surface area (Å²) < 4.78 is 18.2. The summed E-state index contributed by atoms with van der Waals surface area (Å²) >= 11 is 0. The molecule has 0 aromatic heterocycles. The molecule has 3 heteroatoms. The molecule has 72 valence electrons. The van der Waals surface area contributed by atoms with Gasteiger partial charge in [0, 0.05) is 5.56 Å². The molecule has 1 aromatic rings. The third kappa shape index (κ3) is 2.68. The van der Waals surface area contributed by atoms with Gasteiger partial charge in [-0.05, 0) is 18.2 Å². The van der Waals surface area contributed by atoms with Crippen molar-refractivity contribution in [3.05, 3.63) is 47.8 Å². The van der Waals surface area contributed by atoms with E-state index < -0.39 is 0 Å². The largest absolute Gasteiger partial charge is 0.373 e. The van der Waals surface area contributed by atoms with Gasteiger partial charge in [0.15, 0.2) is 0 Å². The zero-order valence-electron chi connectivity index (χ0n) is 7.66. The molecular weight excluding hydrogens is 181 g/mol. The van der Waals surface area contributed by atoms with Crippen LogP contribution < -0.4 is 0 Å². The van der Waals surface area contributed by atoms with E-state index >= 15 is 0 Å². The maximum absolute atomic E-state index is 13.1. The van der Waals surface area contributed by atoms with Crippen LogP contribution in [0.3, 0.4) is 0 Å². The number of hydrogen-bond acceptors (Lipinski definition) is 2. The maximum Gasteiger partial charge on any atom is 0.128 e. The zero-order valence-corrected chi connectivity index (χ0v) is 7.66. The molecule has 0 aliphatic carbocycles. The molecule has 0 bridgehead atoms. The van der Waals surface area contributed by atoms with Gasteiger partial charge in [-0.1, -0.05) is 6.08 Å². The van der Waals surface area contributed by atoms with Crippen LogP contribution in [0.2, 0.25) is 0 Å². The lowest BCUT2D eigenvalue weighted by atomic mass is 10.1. The molecule has 1 aromatic carbocycles. The molecule has 0 spiro atoms. The fourth-order valence-corrected chi connectivity index (χ4v) is 1.01. The number of benzene rings is 1. The Balaban J connectivity index is 2.74. The normalized spacial score (nSPS) is 9.43. The van der Waals surface area contributed by atoms with E-state index in [2.05, 4.69) is 6.58 Å². The van der Waals surface area contributed by atoms with Crippen LogP contribution in [-0.4, -0.2) is 6.61 Å². The molecule has 0 saturated carbocycles. The minimum atomic E-state index is -0.354. The van der Waals surface area contributed by atoms with Crippen LogP contribution >= 0.6 is 0 Å². The van der Waals surface area contributed by atoms with Crippen molar-refractivity contribution in [2.24, 2.45) is 0 Å². The van der Waals surface area contributed by atoms with Crippen molar-refractivity contribution < 1.29 is 9.13 Å². The summed E-state index contributed by atoms with van der Waals surface area (Å²) in [6.07, 6.45) is 1.59. The Bertz CT molecular complexity index is 368. The topological polar surface area (TPSA) is 33.0 Å². The first-order chi connectivity index (χ1) is 6.77. The van der Waals surface area contributed by atoms with E-state index in [-0.39, 0.29) is 12.4 Å². The van der Waals surface area contributed by atoms with Gasteiger partial charge in [-0.15, -0.1) is 6.58 Å². The monoisotopic (exact) mass is 191 g/mol. The highest BCUT2D eigenvalue weighted by atomic mass is 19.1. The summed E-state index contributed by atoms with van der Waals surface area (Å²) in [5.41, 5.74) is 0.828. The lowest BCUT2D eigenvalue weighted by Crippen LogP contribution is -1.96. The van der Waals surface area contributed by atoms with Crippen molar-refractivity contribution >= 4 is 0 Å². The van der Waals surface area contributed by atoms with E-state index in [0.717, 1.165) is 0 Å². The molecule has 0 heterocycles. The number of nitriles is 1. The second kappa shape index (κ2) is 5.15. The van der Waals surface area contributed by atoms with Crippen LogP contribution in [0.1, 0.15) is 11.1 Å². The van der Waals surface area contributed by atoms with Crippen molar-refractivity contribution in [2.75, 3.05) is 6.61 Å². The van der Waals surface area contributed by atoms with Crippen molar-refractivity contribution in [1.82, 2.24) is 0 Å². The van der Waals surface area contributed by atoms with E-state index in [1.54, 1.807) is 6.08 Å². The fourth-order valence-electron chi connectivity index (χ4n) is 1.01. The number of rotatable bonds is 4. The molecular formula is C11H10FNO. The van der Waals surface area contributed by atoms with E-state index in [0.29, 0.717) is 17.7 Å². The molecule has 0 saturated heterocycles. The highest BCUT2D eigenvalue weighted by molar-refractivity contribution is 5.33. The summed E-state index contributed by atoms with van der Waals surface area (Å²) in [5, 5.41) is 8.60. The average molecular weight is 191 g/mol. The summed E-state index contributed by atoms with van der Waals surface area (Å²) in [7, 11) is 0. The smallest absolute Gasteiger partial charge is 0.128 e. The molecule has 0 unspecified atom stereocenters. The third-order valence-electron chi connectivity index (χ3n) is 1.67. The fraction of sp³-hybridized carbons (Fsp3) is 0.182. The summed E-state index contributed by atoms with van der Waals surface area (Å²) in [5.74, 6) is -0.354. The van der Waals surface area contributed by atoms with Crippen LogP contribution in [0, 0.1) is 17.1 Å². The SMILES string of the molecule is C=CCOCc1cc(C#N)ccc1F. The van der Waals surface area contributed by atoms with Crippen molar-refractivity contribution in [1.29, 1.82) is 5.26 Å². The van der Waals surface area contributed by atoms with Crippen LogP contribution in [0.5, 0.6) is 0 Å². The Morgan fingerprint density at radius 3 is 3.00 bits per heavy atom. The molecule has 0 aliphatic rings. The molecule has 1 rings (SSSR count). The van der Waals surface area contributed by atoms with Crippen molar-refractivity contribution in [2.45, 2.75) is 6.61 Å². The molecule has 14 heavy (non-hydrogen) atoms. The number of nitrogens with zero attached hydrogens (tertiary/aromatic N) is 1. The van der Waals surface area contributed by atoms with Crippen molar-refractivity contribution in [3.8, 4) is 6.07 Å². The van der Waals surface area contributed by atoms with Crippen LogP contribution in [0.25, 0.3) is 0 Å². The lowest BCUT2D eigenvalue weighted by Gasteiger charge is -2.03. The molecule has 0 atom stereocenters. The van der Waals surface area contributed by atoms with E-state index in [4.69, 9.17) is 10.00 Å². The van der Waals surface area contributed by atoms with Crippen LogP contribution in [0.4, 0.5) is 4.39 Å². The quantitative estimate of drug-likeness (QED) is 0.540. The second-order valence-corrected chi connectivity index (χ2v) is 2.72. The van der Waals surface area contributed by atoms with E-state index in [1.807, 2.05) is 6.07 Å². The second-order valence-electron chi connectivity index (χ2n) is 2.72. The van der Waals surface area contributed by atoms with E-state index in [9.17, 15) is 4.39 Å². The van der Waals surface area contributed by atoms with Crippen LogP contribution in [-0.2, 0) is 11.3 Å². The van der Waals surface area contributed by atoms with E-state index in [1.165, 1.54) is 18.2 Å². The first-order valence-corrected chi connectivity index (χ1v) is 4.15. The summed E-state index contributed by atoms with van der Waals surface area (Å²) in [6, 6.07) is 6.13. The Labute approximate surface area is 82.2 Å². The highest BCUT2D eigenvalue weighted by Gasteiger charge is 2.02. The Hall–Kier alpha value is -1.66. The number of hydrogen-bond donors (Lipinski definition) is 0. The zero-order chi connectivity index (χ0) is 10.4. The molecule has 0 amide bonds. The molecule has 0 N–H and O–H groups in total. The Morgan fingerprint density at radius 1 is 1.57 bits per heavy atom. The predicted molar refractivity (Wildman–Crippen MR) is 51.0 cm³/mol. The standard InChI is InChI=1S/C11H10FNO/c1-2-5-14-8-10-6-9(7-13)3-4-11(10)12/h2-4,6H,1,5,8H2. The van der Waals surface area contributed by atoms with Gasteiger partial charge < -0.3 is 4.74 Å². The average Bonchev–Trinajstić information content (AvgIpc) is 2.21. The lowest BCUT2D eigenvalue weighted by molar-refractivity contribution is 0.146. The molecule has 0 aliphatic heterocycles. The van der Waals surface area contributed by atoms with Gasteiger partial charge in [-0.25, -0.2) is 4.39 Å². The predicted octanol–water partition coefficient (Wildman–Crippen LogP) is 2.40. The first-order valence-electron chi connectivity index (χ1n) is 4.15. The van der Waals surface area contributed by atoms with Gasteiger partial charge in [-0.3, -0.25) is 0 Å². The summed E-state index contributed by atoms with van der Waals surface area (Å²) in [4.78, 5) is 0. The number of ether oxygens (including phenoxy) is 1. The minimum absolute atomic E-state index is 0.160. The first kappa shape index (κ1) is 10.4. The highest BCUT2D eigenvalue weighted by Crippen LogP contribution is 2.11. The van der Waals surface area contributed by atoms with Gasteiger partial charge in [0.25, 0.3) is 0 Å². The Kier molecular flexibility index (Phi) is 3.84. The van der Waals surface area contributed by atoms with Gasteiger partial charge in [0.05, 0.1) is 24.8 Å². The third-order valence-corrected chi connectivity index (χ3v) is 1.67. The minimum Gasteiger partial charge on any atom is -0.373 e. The van der Waals surface area contributed by atoms with Gasteiger partial charge in [0.1, 0.15) is 5.82 Å². The molecule has 2 nitrogen and oxygen atoms in total. The summed E-state index contributed by atoms with van der Waals surface area (Å²) in [6.45, 7) is 4.01. The van der Waals surface area contributed by atoms with Gasteiger partial charge >= 0.3 is 0 Å².